The molecular weight excluding hydrogens is 300 g/mol. The average molecular weight is 328 g/mol. The van der Waals surface area contributed by atoms with Crippen LogP contribution in [0.15, 0.2) is 35.9 Å². The van der Waals surface area contributed by atoms with Gasteiger partial charge in [-0.1, -0.05) is 48.9 Å². The Morgan fingerprint density at radius 1 is 1.17 bits per heavy atom. The molecule has 4 heteroatoms. The maximum absolute atomic E-state index is 10.7. The molecule has 1 aromatic carbocycles. The Labute approximate surface area is 144 Å². The van der Waals surface area contributed by atoms with Crippen LogP contribution in [0.5, 0.6) is 0 Å². The highest BCUT2D eigenvalue weighted by atomic mass is 16.4. The molecule has 0 bridgehead atoms. The molecule has 130 valence electrons. The van der Waals surface area contributed by atoms with Crippen LogP contribution in [0.2, 0.25) is 0 Å². The Morgan fingerprint density at radius 2 is 1.83 bits per heavy atom. The highest BCUT2D eigenvalue weighted by Crippen LogP contribution is 2.40. The van der Waals surface area contributed by atoms with E-state index in [-0.39, 0.29) is 6.04 Å². The number of amides is 1. The molecule has 2 atom stereocenters. The molecule has 1 aromatic rings. The lowest BCUT2D eigenvalue weighted by Crippen LogP contribution is -2.42. The summed E-state index contributed by atoms with van der Waals surface area (Å²) in [6.45, 7) is 2.24. The first kappa shape index (κ1) is 17.0. The number of hydrogen-bond acceptors (Lipinski definition) is 2. The van der Waals surface area contributed by atoms with E-state index in [0.29, 0.717) is 18.0 Å². The number of carbonyl (C=O) groups is 1. The molecule has 3 N–H and O–H groups in total. The van der Waals surface area contributed by atoms with Crippen molar-refractivity contribution < 1.29 is 9.90 Å². The van der Waals surface area contributed by atoms with E-state index in [9.17, 15) is 4.79 Å². The summed E-state index contributed by atoms with van der Waals surface area (Å²) in [6.07, 6.45) is 7.82. The van der Waals surface area contributed by atoms with Crippen molar-refractivity contribution in [3.8, 4) is 0 Å². The van der Waals surface area contributed by atoms with E-state index in [1.165, 1.54) is 12.0 Å². The molecule has 24 heavy (non-hydrogen) atoms. The molecule has 2 fully saturated rings. The second kappa shape index (κ2) is 7.84. The number of benzene rings is 1. The molecule has 0 aliphatic heterocycles. The molecule has 4 nitrogen and oxygen atoms in total. The van der Waals surface area contributed by atoms with Crippen molar-refractivity contribution in [3.63, 3.8) is 0 Å². The Bertz CT molecular complexity index is 577. The van der Waals surface area contributed by atoms with Gasteiger partial charge in [-0.05, 0) is 50.0 Å². The minimum Gasteiger partial charge on any atom is -0.465 e. The Hall–Kier alpha value is -1.81. The van der Waals surface area contributed by atoms with Crippen LogP contribution in [0.25, 0.3) is 6.08 Å². The molecule has 0 unspecified atom stereocenters. The summed E-state index contributed by atoms with van der Waals surface area (Å²) in [6, 6.07) is 11.8. The van der Waals surface area contributed by atoms with Crippen LogP contribution in [0, 0.1) is 5.92 Å². The van der Waals surface area contributed by atoms with Gasteiger partial charge in [-0.15, -0.1) is 0 Å². The molecule has 2 aliphatic carbocycles. The maximum Gasteiger partial charge on any atom is 0.404 e. The zero-order chi connectivity index (χ0) is 16.9. The molecule has 1 amide bonds. The normalized spacial score (nSPS) is 30.0. The summed E-state index contributed by atoms with van der Waals surface area (Å²) in [5.41, 5.74) is 2.83. The second-order valence-corrected chi connectivity index (χ2v) is 7.10. The lowest BCUT2D eigenvalue weighted by atomic mass is 9.91. The predicted molar refractivity (Wildman–Crippen MR) is 96.9 cm³/mol. The molecule has 0 radical (unpaired) electrons. The summed E-state index contributed by atoms with van der Waals surface area (Å²) in [5, 5.41) is 15.2. The van der Waals surface area contributed by atoms with E-state index in [1.54, 1.807) is 5.57 Å². The van der Waals surface area contributed by atoms with Crippen molar-refractivity contribution in [2.24, 2.45) is 5.92 Å². The molecule has 0 spiro atoms. The number of nitrogens with one attached hydrogen (secondary N) is 2. The van der Waals surface area contributed by atoms with Crippen molar-refractivity contribution in [1.29, 1.82) is 0 Å². The van der Waals surface area contributed by atoms with Crippen LogP contribution in [-0.4, -0.2) is 29.3 Å². The van der Waals surface area contributed by atoms with E-state index in [1.807, 2.05) is 0 Å². The van der Waals surface area contributed by atoms with Gasteiger partial charge in [0.1, 0.15) is 0 Å². The van der Waals surface area contributed by atoms with Gasteiger partial charge < -0.3 is 15.7 Å². The third kappa shape index (κ3) is 4.60. The quantitative estimate of drug-likeness (QED) is 0.738. The molecule has 2 saturated carbocycles. The number of rotatable bonds is 6. The molecule has 2 aliphatic rings. The largest absolute Gasteiger partial charge is 0.465 e. The minimum absolute atomic E-state index is 0.139. The molecular formula is C20H28N2O2. The predicted octanol–water partition coefficient (Wildman–Crippen LogP) is 4.04. The maximum atomic E-state index is 10.7. The number of carboxylic acid groups (broad SMARTS) is 1. The average Bonchev–Trinajstić information content (AvgIpc) is 3.34. The first-order valence-electron chi connectivity index (χ1n) is 9.16. The SMILES string of the molecule is CC/C(=C\c1ccccc1)[C@@H]1C[C@H]1N[C@H]1CC[C@@H](NC(=O)O)CC1. The van der Waals surface area contributed by atoms with E-state index < -0.39 is 6.09 Å². The van der Waals surface area contributed by atoms with Gasteiger partial charge in [0.25, 0.3) is 0 Å². The van der Waals surface area contributed by atoms with E-state index >= 15 is 0 Å². The summed E-state index contributed by atoms with van der Waals surface area (Å²) in [7, 11) is 0. The third-order valence-electron chi connectivity index (χ3n) is 5.33. The van der Waals surface area contributed by atoms with Crippen LogP contribution < -0.4 is 10.6 Å². The Morgan fingerprint density at radius 3 is 2.46 bits per heavy atom. The Balaban J connectivity index is 1.47. The van der Waals surface area contributed by atoms with Gasteiger partial charge in [0.15, 0.2) is 0 Å². The zero-order valence-corrected chi connectivity index (χ0v) is 14.4. The molecule has 0 heterocycles. The first-order chi connectivity index (χ1) is 11.7. The van der Waals surface area contributed by atoms with Crippen LogP contribution in [-0.2, 0) is 0 Å². The van der Waals surface area contributed by atoms with Crippen molar-refractivity contribution >= 4 is 12.2 Å². The summed E-state index contributed by atoms with van der Waals surface area (Å²) in [5.74, 6) is 0.671. The van der Waals surface area contributed by atoms with E-state index in [0.717, 1.165) is 32.1 Å². The summed E-state index contributed by atoms with van der Waals surface area (Å²) in [4.78, 5) is 10.7. The fourth-order valence-electron chi connectivity index (χ4n) is 3.91. The fourth-order valence-corrected chi connectivity index (χ4v) is 3.91. The first-order valence-corrected chi connectivity index (χ1v) is 9.16. The highest BCUT2D eigenvalue weighted by molar-refractivity contribution is 5.64. The van der Waals surface area contributed by atoms with Gasteiger partial charge >= 0.3 is 6.09 Å². The minimum atomic E-state index is -0.896. The second-order valence-electron chi connectivity index (χ2n) is 7.10. The lowest BCUT2D eigenvalue weighted by molar-refractivity contribution is 0.183. The van der Waals surface area contributed by atoms with Gasteiger partial charge in [0.2, 0.25) is 0 Å². The molecule has 0 aromatic heterocycles. The standard InChI is InChI=1S/C20H28N2O2/c1-2-15(12-14-6-4-3-5-7-14)18-13-19(18)21-16-8-10-17(11-9-16)22-20(23)24/h3-7,12,16-19,21-22H,2,8-11,13H2,1H3,(H,23,24)/b15-12+/t16-,17+,18-,19+/m0/s1. The van der Waals surface area contributed by atoms with Gasteiger partial charge in [0.05, 0.1) is 0 Å². The van der Waals surface area contributed by atoms with Crippen molar-refractivity contribution in [2.45, 2.75) is 63.6 Å². The van der Waals surface area contributed by atoms with E-state index in [4.69, 9.17) is 5.11 Å². The summed E-state index contributed by atoms with van der Waals surface area (Å²) < 4.78 is 0. The van der Waals surface area contributed by atoms with E-state index in [2.05, 4.69) is 54.0 Å². The number of hydrogen-bond donors (Lipinski definition) is 3. The van der Waals surface area contributed by atoms with Crippen LogP contribution in [0.3, 0.4) is 0 Å². The molecule has 0 saturated heterocycles. The van der Waals surface area contributed by atoms with Crippen LogP contribution in [0.1, 0.15) is 51.0 Å². The third-order valence-corrected chi connectivity index (χ3v) is 5.33. The highest BCUT2D eigenvalue weighted by Gasteiger charge is 2.40. The van der Waals surface area contributed by atoms with Gasteiger partial charge in [-0.25, -0.2) is 4.79 Å². The van der Waals surface area contributed by atoms with Gasteiger partial charge in [0, 0.05) is 18.1 Å². The van der Waals surface area contributed by atoms with Crippen molar-refractivity contribution in [1.82, 2.24) is 10.6 Å². The van der Waals surface area contributed by atoms with Gasteiger partial charge in [-0.2, -0.15) is 0 Å². The van der Waals surface area contributed by atoms with Crippen LogP contribution >= 0.6 is 0 Å². The lowest BCUT2D eigenvalue weighted by Gasteiger charge is -2.29. The molecule has 3 rings (SSSR count). The zero-order valence-electron chi connectivity index (χ0n) is 14.4. The van der Waals surface area contributed by atoms with Gasteiger partial charge in [-0.3, -0.25) is 0 Å². The smallest absolute Gasteiger partial charge is 0.404 e. The Kier molecular flexibility index (Phi) is 5.56. The van der Waals surface area contributed by atoms with Crippen molar-refractivity contribution in [3.05, 3.63) is 41.5 Å². The van der Waals surface area contributed by atoms with Crippen LogP contribution in [0.4, 0.5) is 4.79 Å². The topological polar surface area (TPSA) is 61.4 Å². The monoisotopic (exact) mass is 328 g/mol. The summed E-state index contributed by atoms with van der Waals surface area (Å²) >= 11 is 0. The van der Waals surface area contributed by atoms with Crippen molar-refractivity contribution in [2.75, 3.05) is 0 Å². The fraction of sp³-hybridized carbons (Fsp3) is 0.550.